The maximum atomic E-state index is 11.3. The van der Waals surface area contributed by atoms with Crippen LogP contribution in [0.25, 0.3) is 0 Å². The maximum absolute atomic E-state index is 11.3. The van der Waals surface area contributed by atoms with Crippen LogP contribution < -0.4 is 0 Å². The molecule has 0 saturated heterocycles. The first-order chi connectivity index (χ1) is 7.82. The Morgan fingerprint density at radius 3 is 2.47 bits per heavy atom. The van der Waals surface area contributed by atoms with E-state index in [9.17, 15) is 9.59 Å². The molecule has 1 fully saturated rings. The second kappa shape index (κ2) is 4.76. The fourth-order valence-corrected chi connectivity index (χ4v) is 1.97. The fourth-order valence-electron chi connectivity index (χ4n) is 1.97. The van der Waals surface area contributed by atoms with Crippen LogP contribution in [-0.2, 0) is 14.3 Å². The molecule has 17 heavy (non-hydrogen) atoms. The molecule has 0 aromatic heterocycles. The molecular weight excluding hydrogens is 220 g/mol. The number of ether oxygens (including phenoxy) is 1. The molecule has 1 aliphatic rings. The number of carboxylic acid groups (broad SMARTS) is 1. The minimum absolute atomic E-state index is 0.0654. The van der Waals surface area contributed by atoms with Gasteiger partial charge in [-0.2, -0.15) is 0 Å². The van der Waals surface area contributed by atoms with Gasteiger partial charge in [0.05, 0.1) is 18.1 Å². The number of rotatable bonds is 4. The summed E-state index contributed by atoms with van der Waals surface area (Å²) in [5.41, 5.74) is 2.94. The Hall–Kier alpha value is -1.54. The van der Waals surface area contributed by atoms with Gasteiger partial charge in [-0.05, 0) is 25.3 Å². The molecule has 94 valence electrons. The van der Waals surface area contributed by atoms with Crippen molar-refractivity contribution in [2.24, 2.45) is 17.3 Å². The van der Waals surface area contributed by atoms with Gasteiger partial charge in [0, 0.05) is 5.92 Å². The zero-order chi connectivity index (χ0) is 13.2. The van der Waals surface area contributed by atoms with Gasteiger partial charge in [0.1, 0.15) is 0 Å². The van der Waals surface area contributed by atoms with Crippen LogP contribution in [-0.4, -0.2) is 23.7 Å². The second-order valence-corrected chi connectivity index (χ2v) is 4.82. The number of carbonyl (C=O) groups is 2. The Labute approximate surface area is 101 Å². The van der Waals surface area contributed by atoms with Crippen LogP contribution >= 0.6 is 0 Å². The van der Waals surface area contributed by atoms with Crippen LogP contribution in [0.1, 0.15) is 27.7 Å². The SMILES string of the molecule is CCOC(=O)C(C)=C=CC1C(C(=O)O)C1(C)C. The lowest BCUT2D eigenvalue weighted by Gasteiger charge is -1.98. The Kier molecular flexibility index (Phi) is 3.79. The molecule has 1 N–H and O–H groups in total. The summed E-state index contributed by atoms with van der Waals surface area (Å²) < 4.78 is 4.81. The Morgan fingerprint density at radius 1 is 1.47 bits per heavy atom. The van der Waals surface area contributed by atoms with Crippen molar-refractivity contribution in [1.29, 1.82) is 0 Å². The molecule has 0 bridgehead atoms. The van der Waals surface area contributed by atoms with E-state index in [1.54, 1.807) is 19.9 Å². The standard InChI is InChI=1S/C13H18O4/c1-5-17-12(16)8(2)6-7-9-10(11(14)15)13(9,3)4/h7,9-10H,5H2,1-4H3,(H,14,15). The molecule has 1 saturated carbocycles. The Morgan fingerprint density at radius 2 is 2.06 bits per heavy atom. The van der Waals surface area contributed by atoms with Gasteiger partial charge in [-0.15, -0.1) is 5.73 Å². The third-order valence-electron chi connectivity index (χ3n) is 3.24. The Balaban J connectivity index is 2.76. The number of esters is 1. The monoisotopic (exact) mass is 238 g/mol. The van der Waals surface area contributed by atoms with Crippen LogP contribution in [0.5, 0.6) is 0 Å². The molecule has 0 radical (unpaired) electrons. The van der Waals surface area contributed by atoms with E-state index >= 15 is 0 Å². The largest absolute Gasteiger partial charge is 0.481 e. The van der Waals surface area contributed by atoms with Crippen molar-refractivity contribution in [3.05, 3.63) is 17.4 Å². The van der Waals surface area contributed by atoms with Gasteiger partial charge in [0.15, 0.2) is 0 Å². The highest BCUT2D eigenvalue weighted by Crippen LogP contribution is 2.58. The summed E-state index contributed by atoms with van der Waals surface area (Å²) in [6.45, 7) is 7.46. The summed E-state index contributed by atoms with van der Waals surface area (Å²) >= 11 is 0. The number of hydrogen-bond acceptors (Lipinski definition) is 3. The van der Waals surface area contributed by atoms with E-state index in [4.69, 9.17) is 9.84 Å². The molecule has 2 atom stereocenters. The van der Waals surface area contributed by atoms with Gasteiger partial charge < -0.3 is 9.84 Å². The van der Waals surface area contributed by atoms with Gasteiger partial charge >= 0.3 is 11.9 Å². The molecule has 0 aromatic rings. The lowest BCUT2D eigenvalue weighted by Crippen LogP contribution is -2.04. The predicted octanol–water partition coefficient (Wildman–Crippen LogP) is 2.01. The van der Waals surface area contributed by atoms with Crippen LogP contribution in [0.15, 0.2) is 17.4 Å². The second-order valence-electron chi connectivity index (χ2n) is 4.82. The van der Waals surface area contributed by atoms with Crippen LogP contribution in [0.4, 0.5) is 0 Å². The summed E-state index contributed by atoms with van der Waals surface area (Å²) in [5.74, 6) is -1.66. The molecule has 1 rings (SSSR count). The third-order valence-corrected chi connectivity index (χ3v) is 3.24. The van der Waals surface area contributed by atoms with Gasteiger partial charge in [-0.3, -0.25) is 4.79 Å². The molecule has 4 heteroatoms. The molecule has 0 aliphatic heterocycles. The molecular formula is C13H18O4. The van der Waals surface area contributed by atoms with E-state index in [0.29, 0.717) is 12.2 Å². The van der Waals surface area contributed by atoms with Crippen LogP contribution in [0, 0.1) is 17.3 Å². The highest BCUT2D eigenvalue weighted by molar-refractivity contribution is 5.87. The van der Waals surface area contributed by atoms with Gasteiger partial charge in [0.2, 0.25) is 0 Å². The van der Waals surface area contributed by atoms with E-state index in [0.717, 1.165) is 0 Å². The van der Waals surface area contributed by atoms with E-state index in [-0.39, 0.29) is 17.3 Å². The number of carboxylic acids is 1. The predicted molar refractivity (Wildman–Crippen MR) is 62.3 cm³/mol. The summed E-state index contributed by atoms with van der Waals surface area (Å²) in [5, 5.41) is 8.97. The number of aliphatic carboxylic acids is 1. The van der Waals surface area contributed by atoms with Crippen molar-refractivity contribution in [3.63, 3.8) is 0 Å². The third kappa shape index (κ3) is 2.77. The van der Waals surface area contributed by atoms with Crippen LogP contribution in [0.3, 0.4) is 0 Å². The zero-order valence-electron chi connectivity index (χ0n) is 10.6. The molecule has 2 unspecified atom stereocenters. The molecule has 1 aliphatic carbocycles. The zero-order valence-corrected chi connectivity index (χ0v) is 10.6. The number of hydrogen-bond donors (Lipinski definition) is 1. The van der Waals surface area contributed by atoms with Gasteiger partial charge in [-0.1, -0.05) is 13.8 Å². The van der Waals surface area contributed by atoms with Crippen molar-refractivity contribution in [2.75, 3.05) is 6.61 Å². The van der Waals surface area contributed by atoms with E-state index in [2.05, 4.69) is 5.73 Å². The normalized spacial score (nSPS) is 24.5. The molecule has 4 nitrogen and oxygen atoms in total. The summed E-state index contributed by atoms with van der Waals surface area (Å²) in [4.78, 5) is 22.2. The van der Waals surface area contributed by atoms with Gasteiger partial charge in [-0.25, -0.2) is 4.79 Å². The minimum Gasteiger partial charge on any atom is -0.481 e. The summed E-state index contributed by atoms with van der Waals surface area (Å²) in [6, 6.07) is 0. The van der Waals surface area contributed by atoms with Crippen molar-refractivity contribution in [3.8, 4) is 0 Å². The molecule has 0 heterocycles. The average molecular weight is 238 g/mol. The van der Waals surface area contributed by atoms with Crippen molar-refractivity contribution in [1.82, 2.24) is 0 Å². The minimum atomic E-state index is -0.799. The fraction of sp³-hybridized carbons (Fsp3) is 0.615. The van der Waals surface area contributed by atoms with Crippen molar-refractivity contribution >= 4 is 11.9 Å². The van der Waals surface area contributed by atoms with Gasteiger partial charge in [0.25, 0.3) is 0 Å². The van der Waals surface area contributed by atoms with Crippen molar-refractivity contribution < 1.29 is 19.4 Å². The maximum Gasteiger partial charge on any atom is 0.341 e. The Bertz CT molecular complexity index is 400. The molecule has 0 aromatic carbocycles. The average Bonchev–Trinajstić information content (AvgIpc) is 2.77. The van der Waals surface area contributed by atoms with E-state index < -0.39 is 11.9 Å². The van der Waals surface area contributed by atoms with Crippen molar-refractivity contribution in [2.45, 2.75) is 27.7 Å². The first kappa shape index (κ1) is 13.5. The molecule has 0 amide bonds. The lowest BCUT2D eigenvalue weighted by atomic mass is 10.1. The first-order valence-corrected chi connectivity index (χ1v) is 5.65. The molecule has 0 spiro atoms. The quantitative estimate of drug-likeness (QED) is 0.462. The number of carbonyl (C=O) groups excluding carboxylic acids is 1. The highest BCUT2D eigenvalue weighted by Gasteiger charge is 2.60. The summed E-state index contributed by atoms with van der Waals surface area (Å²) in [7, 11) is 0. The first-order valence-electron chi connectivity index (χ1n) is 5.65. The van der Waals surface area contributed by atoms with E-state index in [1.807, 2.05) is 13.8 Å². The van der Waals surface area contributed by atoms with E-state index in [1.165, 1.54) is 0 Å². The van der Waals surface area contributed by atoms with Crippen LogP contribution in [0.2, 0.25) is 0 Å². The highest BCUT2D eigenvalue weighted by atomic mass is 16.5. The topological polar surface area (TPSA) is 63.6 Å². The lowest BCUT2D eigenvalue weighted by molar-refractivity contribution is -0.140. The smallest absolute Gasteiger partial charge is 0.341 e. The summed E-state index contributed by atoms with van der Waals surface area (Å²) in [6.07, 6.45) is 1.67.